The molecule has 1 amide bonds. The number of Topliss-reactive ketones (excluding diaryl/α,β-unsaturated/α-hetero) is 4. The summed E-state index contributed by atoms with van der Waals surface area (Å²) in [4.78, 5) is 60.5. The normalized spacial score (nSPS) is 11.1. The lowest BCUT2D eigenvalue weighted by Gasteiger charge is -2.23. The summed E-state index contributed by atoms with van der Waals surface area (Å²) in [5.74, 6) is 0.640. The maximum atomic E-state index is 12.7. The predicted octanol–water partition coefficient (Wildman–Crippen LogP) is 4.88. The van der Waals surface area contributed by atoms with Gasteiger partial charge in [0.05, 0.1) is 152 Å². The second-order valence-corrected chi connectivity index (χ2v) is 16.9. The SMILES string of the molecule is C.CCOCCOCCOCCOCCC(=O)N(CCOCCCC(C)=O)CCOCCOCCCC(C)=O.CCOCCOCCOCCOCCN(CCOCCCC(C)=O)CCOCCOCCCC(C)=O. The van der Waals surface area contributed by atoms with Crippen molar-refractivity contribution in [3.8, 4) is 0 Å². The molecule has 0 bridgehead atoms. The Morgan fingerprint density at radius 2 is 0.480 bits per heavy atom. The van der Waals surface area contributed by atoms with Gasteiger partial charge in [0.1, 0.15) is 23.1 Å². The molecule has 0 heterocycles. The summed E-state index contributed by atoms with van der Waals surface area (Å²) < 4.78 is 76.8. The third-order valence-corrected chi connectivity index (χ3v) is 10.1. The number of ether oxygens (including phenoxy) is 14. The molecule has 0 atom stereocenters. The van der Waals surface area contributed by atoms with Gasteiger partial charge in [-0.15, -0.1) is 0 Å². The molecular weight excluding hydrogens is 981 g/mol. The first kappa shape index (κ1) is 76.8. The molecule has 446 valence electrons. The van der Waals surface area contributed by atoms with Crippen molar-refractivity contribution in [1.82, 2.24) is 9.80 Å². The summed E-state index contributed by atoms with van der Waals surface area (Å²) in [6, 6.07) is 0. The van der Waals surface area contributed by atoms with Gasteiger partial charge >= 0.3 is 0 Å². The Morgan fingerprint density at radius 3 is 0.747 bits per heavy atom. The van der Waals surface area contributed by atoms with Crippen LogP contribution in [-0.2, 0) is 90.3 Å². The van der Waals surface area contributed by atoms with E-state index >= 15 is 0 Å². The van der Waals surface area contributed by atoms with Gasteiger partial charge < -0.3 is 90.4 Å². The molecule has 0 aliphatic carbocycles. The summed E-state index contributed by atoms with van der Waals surface area (Å²) in [7, 11) is 0. The quantitative estimate of drug-likeness (QED) is 0.0741. The first-order chi connectivity index (χ1) is 36.0. The summed E-state index contributed by atoms with van der Waals surface area (Å²) in [5.41, 5.74) is 0. The Morgan fingerprint density at radius 1 is 0.267 bits per heavy atom. The summed E-state index contributed by atoms with van der Waals surface area (Å²) in [5, 5.41) is 0. The fourth-order valence-electron chi connectivity index (χ4n) is 6.09. The van der Waals surface area contributed by atoms with E-state index in [-0.39, 0.29) is 42.9 Å². The minimum absolute atomic E-state index is 0. The average Bonchev–Trinajstić information content (AvgIpc) is 3.36. The van der Waals surface area contributed by atoms with Crippen molar-refractivity contribution in [2.24, 2.45) is 0 Å². The third-order valence-electron chi connectivity index (χ3n) is 10.1. The molecule has 0 unspecified atom stereocenters. The van der Waals surface area contributed by atoms with E-state index < -0.39 is 0 Å². The zero-order valence-electron chi connectivity index (χ0n) is 46.8. The molecule has 21 nitrogen and oxygen atoms in total. The predicted molar refractivity (Wildman–Crippen MR) is 287 cm³/mol. The standard InChI is InChI=1S/C27H51NO10.C26H51NO9.CH4/c1-4-32-17-18-37-23-24-38-22-20-35-14-9-27(31)28(10-15-33-12-5-7-25(2)29)11-16-36-21-19-34-13-6-8-26(3)30;1-4-30-17-18-35-23-24-36-22-21-34-16-11-27(9-14-31-12-5-7-25(2)28)10-15-33-20-19-32-13-6-8-26(3)29;/h4-24H2,1-3H3;4-24H2,1-3H3;1H4. The topological polar surface area (TPSA) is 221 Å². The van der Waals surface area contributed by atoms with Gasteiger partial charge in [-0.1, -0.05) is 7.43 Å². The lowest BCUT2D eigenvalue weighted by Crippen LogP contribution is -2.37. The van der Waals surface area contributed by atoms with Crippen LogP contribution in [0.4, 0.5) is 0 Å². The zero-order valence-corrected chi connectivity index (χ0v) is 46.8. The van der Waals surface area contributed by atoms with Gasteiger partial charge in [0, 0.05) is 98.0 Å². The van der Waals surface area contributed by atoms with Gasteiger partial charge in [-0.25, -0.2) is 0 Å². The van der Waals surface area contributed by atoms with Crippen LogP contribution in [0, 0.1) is 0 Å². The Hall–Kier alpha value is -2.45. The highest BCUT2D eigenvalue weighted by Gasteiger charge is 2.14. The first-order valence-corrected chi connectivity index (χ1v) is 27.1. The van der Waals surface area contributed by atoms with Crippen molar-refractivity contribution in [1.29, 1.82) is 0 Å². The Balaban J connectivity index is -0.00000137. The van der Waals surface area contributed by atoms with Crippen molar-refractivity contribution in [2.75, 3.05) is 218 Å². The molecule has 0 saturated carbocycles. The number of carbonyl (C=O) groups excluding carboxylic acids is 5. The maximum absolute atomic E-state index is 12.7. The van der Waals surface area contributed by atoms with Crippen LogP contribution < -0.4 is 0 Å². The number of hydrogen-bond donors (Lipinski definition) is 0. The van der Waals surface area contributed by atoms with Crippen molar-refractivity contribution in [3.63, 3.8) is 0 Å². The zero-order chi connectivity index (χ0) is 54.6. The van der Waals surface area contributed by atoms with E-state index in [1.165, 1.54) is 0 Å². The fourth-order valence-corrected chi connectivity index (χ4v) is 6.09. The Kier molecular flexibility index (Phi) is 65.6. The van der Waals surface area contributed by atoms with Gasteiger partial charge in [-0.2, -0.15) is 0 Å². The molecular formula is C54H106N2O19. The lowest BCUT2D eigenvalue weighted by molar-refractivity contribution is -0.134. The summed E-state index contributed by atoms with van der Waals surface area (Å²) >= 11 is 0. The summed E-state index contributed by atoms with van der Waals surface area (Å²) in [6.45, 7) is 28.1. The van der Waals surface area contributed by atoms with E-state index in [2.05, 4.69) is 4.90 Å². The fraction of sp³-hybridized carbons (Fsp3) is 0.907. The van der Waals surface area contributed by atoms with Gasteiger partial charge in [-0.05, 0) is 67.2 Å². The molecule has 0 rings (SSSR count). The van der Waals surface area contributed by atoms with Gasteiger partial charge in [0.15, 0.2) is 0 Å². The number of carbonyl (C=O) groups is 5. The van der Waals surface area contributed by atoms with Crippen molar-refractivity contribution in [3.05, 3.63) is 0 Å². The second kappa shape index (κ2) is 64.1. The van der Waals surface area contributed by atoms with E-state index in [1.807, 2.05) is 13.8 Å². The molecule has 75 heavy (non-hydrogen) atoms. The maximum Gasteiger partial charge on any atom is 0.225 e. The summed E-state index contributed by atoms with van der Waals surface area (Å²) in [6.07, 6.45) is 5.28. The van der Waals surface area contributed by atoms with Crippen LogP contribution in [0.5, 0.6) is 0 Å². The molecule has 0 fully saturated rings. The second-order valence-electron chi connectivity index (χ2n) is 16.9. The van der Waals surface area contributed by atoms with E-state index in [4.69, 9.17) is 66.3 Å². The largest absolute Gasteiger partial charge is 0.380 e. The average molecular weight is 1090 g/mol. The van der Waals surface area contributed by atoms with Crippen molar-refractivity contribution in [2.45, 2.75) is 107 Å². The van der Waals surface area contributed by atoms with Crippen molar-refractivity contribution < 1.29 is 90.3 Å². The van der Waals surface area contributed by atoms with Crippen LogP contribution in [-0.4, -0.2) is 257 Å². The first-order valence-electron chi connectivity index (χ1n) is 27.1. The molecule has 21 heteroatoms. The molecule has 0 aliphatic rings. The van der Waals surface area contributed by atoms with E-state index in [9.17, 15) is 24.0 Å². The molecule has 0 radical (unpaired) electrons. The smallest absolute Gasteiger partial charge is 0.225 e. The number of hydrogen-bond acceptors (Lipinski definition) is 20. The van der Waals surface area contributed by atoms with Gasteiger partial charge in [-0.3, -0.25) is 9.69 Å². The van der Waals surface area contributed by atoms with Crippen LogP contribution in [0.3, 0.4) is 0 Å². The van der Waals surface area contributed by atoms with E-state index in [1.54, 1.807) is 32.6 Å². The van der Waals surface area contributed by atoms with Crippen molar-refractivity contribution >= 4 is 29.0 Å². The molecule has 0 aromatic carbocycles. The van der Waals surface area contributed by atoms with Gasteiger partial charge in [0.25, 0.3) is 0 Å². The number of nitrogens with zero attached hydrogens (tertiary/aromatic N) is 2. The Bertz CT molecular complexity index is 1250. The van der Waals surface area contributed by atoms with Crippen LogP contribution in [0.25, 0.3) is 0 Å². The van der Waals surface area contributed by atoms with E-state index in [0.717, 1.165) is 32.5 Å². The molecule has 0 aromatic heterocycles. The highest BCUT2D eigenvalue weighted by Crippen LogP contribution is 2.00. The molecule has 0 N–H and O–H groups in total. The molecule has 0 saturated heterocycles. The minimum Gasteiger partial charge on any atom is -0.380 e. The van der Waals surface area contributed by atoms with Crippen LogP contribution >= 0.6 is 0 Å². The van der Waals surface area contributed by atoms with E-state index in [0.29, 0.717) is 237 Å². The highest BCUT2D eigenvalue weighted by molar-refractivity contribution is 5.77. The number of ketones is 4. The number of rotatable bonds is 60. The van der Waals surface area contributed by atoms with Crippen LogP contribution in [0.2, 0.25) is 0 Å². The van der Waals surface area contributed by atoms with Gasteiger partial charge in [0.2, 0.25) is 5.91 Å². The lowest BCUT2D eigenvalue weighted by atomic mass is 10.2. The number of amides is 1. The Labute approximate surface area is 452 Å². The molecule has 0 aromatic rings. The van der Waals surface area contributed by atoms with Crippen LogP contribution in [0.1, 0.15) is 107 Å². The highest BCUT2D eigenvalue weighted by atomic mass is 16.6. The molecule has 0 aliphatic heterocycles. The monoisotopic (exact) mass is 1090 g/mol. The molecule has 0 spiro atoms. The third kappa shape index (κ3) is 67.6. The minimum atomic E-state index is -0.0370. The van der Waals surface area contributed by atoms with Crippen LogP contribution in [0.15, 0.2) is 0 Å².